The molecule has 1 aliphatic rings. The molecular formula is C12H12O. The third-order valence-corrected chi connectivity index (χ3v) is 2.56. The van der Waals surface area contributed by atoms with Crippen molar-refractivity contribution >= 4 is 5.78 Å². The van der Waals surface area contributed by atoms with Crippen LogP contribution in [0.15, 0.2) is 42.5 Å². The Kier molecular flexibility index (Phi) is 2.01. The molecule has 0 saturated carbocycles. The van der Waals surface area contributed by atoms with Crippen molar-refractivity contribution in [1.82, 2.24) is 0 Å². The van der Waals surface area contributed by atoms with Crippen LogP contribution in [0.5, 0.6) is 0 Å². The van der Waals surface area contributed by atoms with Gasteiger partial charge in [0.2, 0.25) is 0 Å². The second-order valence-electron chi connectivity index (χ2n) is 3.51. The van der Waals surface area contributed by atoms with Crippen LogP contribution in [-0.2, 0) is 4.79 Å². The quantitative estimate of drug-likeness (QED) is 0.636. The molecule has 13 heavy (non-hydrogen) atoms. The van der Waals surface area contributed by atoms with Crippen molar-refractivity contribution in [2.45, 2.75) is 12.8 Å². The molecule has 1 aliphatic carbocycles. The van der Waals surface area contributed by atoms with Crippen LogP contribution in [0.2, 0.25) is 0 Å². The van der Waals surface area contributed by atoms with E-state index in [0.29, 0.717) is 5.92 Å². The van der Waals surface area contributed by atoms with Crippen LogP contribution in [0.4, 0.5) is 0 Å². The summed E-state index contributed by atoms with van der Waals surface area (Å²) >= 11 is 0. The molecule has 1 aromatic rings. The maximum absolute atomic E-state index is 11.5. The van der Waals surface area contributed by atoms with Crippen molar-refractivity contribution in [2.24, 2.45) is 5.92 Å². The first-order chi connectivity index (χ1) is 6.29. The SMILES string of the molecule is C[C@@H]1C=CC(=O)[C@H]1c1ccccc1. The van der Waals surface area contributed by atoms with Crippen LogP contribution in [0, 0.1) is 5.92 Å². The minimum Gasteiger partial charge on any atom is -0.294 e. The molecule has 1 heteroatoms. The van der Waals surface area contributed by atoms with Gasteiger partial charge in [0, 0.05) is 0 Å². The number of carbonyl (C=O) groups is 1. The third-order valence-electron chi connectivity index (χ3n) is 2.56. The normalized spacial score (nSPS) is 26.7. The summed E-state index contributed by atoms with van der Waals surface area (Å²) in [5, 5.41) is 0. The Morgan fingerprint density at radius 1 is 1.15 bits per heavy atom. The molecule has 0 bridgehead atoms. The lowest BCUT2D eigenvalue weighted by molar-refractivity contribution is -0.115. The lowest BCUT2D eigenvalue weighted by atomic mass is 9.89. The standard InChI is InChI=1S/C12H12O/c1-9-7-8-11(13)12(9)10-5-3-2-4-6-10/h2-9,12H,1H3/t9-,12-/m1/s1. The molecule has 0 N–H and O–H groups in total. The molecule has 0 aromatic heterocycles. The van der Waals surface area contributed by atoms with E-state index in [0.717, 1.165) is 5.56 Å². The predicted octanol–water partition coefficient (Wildman–Crippen LogP) is 2.55. The molecule has 0 aliphatic heterocycles. The van der Waals surface area contributed by atoms with Crippen LogP contribution in [0.25, 0.3) is 0 Å². The van der Waals surface area contributed by atoms with E-state index in [9.17, 15) is 4.79 Å². The Hall–Kier alpha value is -1.37. The van der Waals surface area contributed by atoms with Gasteiger partial charge < -0.3 is 0 Å². The second kappa shape index (κ2) is 3.17. The highest BCUT2D eigenvalue weighted by molar-refractivity contribution is 5.98. The van der Waals surface area contributed by atoms with Gasteiger partial charge in [0.05, 0.1) is 5.92 Å². The predicted molar refractivity (Wildman–Crippen MR) is 52.5 cm³/mol. The Morgan fingerprint density at radius 3 is 2.38 bits per heavy atom. The van der Waals surface area contributed by atoms with Gasteiger partial charge in [-0.15, -0.1) is 0 Å². The van der Waals surface area contributed by atoms with Gasteiger partial charge in [-0.3, -0.25) is 4.79 Å². The summed E-state index contributed by atoms with van der Waals surface area (Å²) in [4.78, 5) is 11.5. The van der Waals surface area contributed by atoms with E-state index in [-0.39, 0.29) is 11.7 Å². The fourth-order valence-corrected chi connectivity index (χ4v) is 1.85. The van der Waals surface area contributed by atoms with E-state index < -0.39 is 0 Å². The summed E-state index contributed by atoms with van der Waals surface area (Å²) in [6.45, 7) is 2.08. The monoisotopic (exact) mass is 172 g/mol. The highest BCUT2D eigenvalue weighted by Gasteiger charge is 2.27. The molecule has 1 nitrogen and oxygen atoms in total. The van der Waals surface area contributed by atoms with E-state index in [2.05, 4.69) is 6.92 Å². The third kappa shape index (κ3) is 1.42. The fraction of sp³-hybridized carbons (Fsp3) is 0.250. The molecule has 0 unspecified atom stereocenters. The minimum atomic E-state index is 0.0567. The molecule has 0 spiro atoms. The summed E-state index contributed by atoms with van der Waals surface area (Å²) in [5.74, 6) is 0.634. The first-order valence-corrected chi connectivity index (χ1v) is 4.56. The number of rotatable bonds is 1. The maximum Gasteiger partial charge on any atom is 0.163 e. The highest BCUT2D eigenvalue weighted by Crippen LogP contribution is 2.31. The smallest absolute Gasteiger partial charge is 0.163 e. The Bertz CT molecular complexity index is 337. The summed E-state index contributed by atoms with van der Waals surface area (Å²) in [7, 11) is 0. The van der Waals surface area contributed by atoms with E-state index in [1.807, 2.05) is 36.4 Å². The van der Waals surface area contributed by atoms with Gasteiger partial charge in [0.15, 0.2) is 5.78 Å². The van der Waals surface area contributed by atoms with Gasteiger partial charge >= 0.3 is 0 Å². The molecule has 0 amide bonds. The fourth-order valence-electron chi connectivity index (χ4n) is 1.85. The van der Waals surface area contributed by atoms with Gasteiger partial charge in [-0.1, -0.05) is 43.3 Å². The zero-order chi connectivity index (χ0) is 9.26. The van der Waals surface area contributed by atoms with Crippen LogP contribution in [0.1, 0.15) is 18.4 Å². The van der Waals surface area contributed by atoms with E-state index in [1.54, 1.807) is 6.08 Å². The average molecular weight is 172 g/mol. The topological polar surface area (TPSA) is 17.1 Å². The van der Waals surface area contributed by atoms with Crippen LogP contribution < -0.4 is 0 Å². The second-order valence-corrected chi connectivity index (χ2v) is 3.51. The average Bonchev–Trinajstić information content (AvgIpc) is 2.48. The number of hydrogen-bond donors (Lipinski definition) is 0. The van der Waals surface area contributed by atoms with Crippen molar-refractivity contribution in [3.63, 3.8) is 0 Å². The van der Waals surface area contributed by atoms with Crippen LogP contribution >= 0.6 is 0 Å². The molecule has 1 aromatic carbocycles. The molecular weight excluding hydrogens is 160 g/mol. The zero-order valence-corrected chi connectivity index (χ0v) is 7.60. The number of allylic oxidation sites excluding steroid dienone is 2. The molecule has 2 atom stereocenters. The summed E-state index contributed by atoms with van der Waals surface area (Å²) in [6, 6.07) is 9.97. The van der Waals surface area contributed by atoms with Crippen molar-refractivity contribution in [3.05, 3.63) is 48.0 Å². The zero-order valence-electron chi connectivity index (χ0n) is 7.60. The van der Waals surface area contributed by atoms with Gasteiger partial charge in [-0.05, 0) is 17.6 Å². The molecule has 0 heterocycles. The Labute approximate surface area is 78.1 Å². The molecule has 0 radical (unpaired) electrons. The summed E-state index contributed by atoms with van der Waals surface area (Å²) < 4.78 is 0. The highest BCUT2D eigenvalue weighted by atomic mass is 16.1. The van der Waals surface area contributed by atoms with E-state index in [4.69, 9.17) is 0 Å². The first kappa shape index (κ1) is 8.24. The lowest BCUT2D eigenvalue weighted by Crippen LogP contribution is -2.10. The molecule has 0 fully saturated rings. The van der Waals surface area contributed by atoms with Crippen LogP contribution in [0.3, 0.4) is 0 Å². The minimum absolute atomic E-state index is 0.0567. The number of benzene rings is 1. The van der Waals surface area contributed by atoms with Crippen molar-refractivity contribution in [1.29, 1.82) is 0 Å². The lowest BCUT2D eigenvalue weighted by Gasteiger charge is -2.13. The molecule has 2 rings (SSSR count). The van der Waals surface area contributed by atoms with E-state index >= 15 is 0 Å². The number of ketones is 1. The molecule has 0 saturated heterocycles. The number of hydrogen-bond acceptors (Lipinski definition) is 1. The van der Waals surface area contributed by atoms with Gasteiger partial charge in [0.25, 0.3) is 0 Å². The van der Waals surface area contributed by atoms with Crippen LogP contribution in [-0.4, -0.2) is 5.78 Å². The summed E-state index contributed by atoms with van der Waals surface area (Å²) in [6.07, 6.45) is 3.68. The number of carbonyl (C=O) groups excluding carboxylic acids is 1. The Balaban J connectivity index is 2.33. The summed E-state index contributed by atoms with van der Waals surface area (Å²) in [5.41, 5.74) is 1.13. The van der Waals surface area contributed by atoms with Gasteiger partial charge in [-0.2, -0.15) is 0 Å². The molecule has 66 valence electrons. The van der Waals surface area contributed by atoms with E-state index in [1.165, 1.54) is 0 Å². The Morgan fingerprint density at radius 2 is 1.85 bits per heavy atom. The van der Waals surface area contributed by atoms with Gasteiger partial charge in [-0.25, -0.2) is 0 Å². The largest absolute Gasteiger partial charge is 0.294 e. The van der Waals surface area contributed by atoms with Crippen molar-refractivity contribution in [3.8, 4) is 0 Å². The van der Waals surface area contributed by atoms with Gasteiger partial charge in [0.1, 0.15) is 0 Å². The van der Waals surface area contributed by atoms with Crippen molar-refractivity contribution in [2.75, 3.05) is 0 Å². The first-order valence-electron chi connectivity index (χ1n) is 4.56. The maximum atomic E-state index is 11.5. The van der Waals surface area contributed by atoms with Crippen molar-refractivity contribution < 1.29 is 4.79 Å².